The summed E-state index contributed by atoms with van der Waals surface area (Å²) >= 11 is 0. The predicted octanol–water partition coefficient (Wildman–Crippen LogP) is 1.65. The minimum atomic E-state index is -3.88. The quantitative estimate of drug-likeness (QED) is 0.490. The summed E-state index contributed by atoms with van der Waals surface area (Å²) in [5.74, 6) is -0.225. The molecule has 1 N–H and O–H groups in total. The van der Waals surface area contributed by atoms with Crippen LogP contribution in [0.15, 0.2) is 53.9 Å². The number of fused-ring (bicyclic) bond motifs is 1. The molecular weight excluding hydrogens is 326 g/mol. The minimum absolute atomic E-state index is 0.225. The standard InChI is InChI=1S/C17H19N3O3S/c21-24(22,23)13-3-9-19-10-6-15(7-11-19)14-18-20-12-8-16-4-1-2-5-17(16)20/h1-2,4-7,10-11,14H,3,8-9,12-13H2/p+1. The molecule has 0 amide bonds. The first-order chi connectivity index (χ1) is 11.5. The molecule has 1 aliphatic heterocycles. The third-order valence-corrected chi connectivity index (χ3v) is 4.75. The Bertz CT molecular complexity index is 832. The zero-order chi connectivity index (χ0) is 17.0. The maximum atomic E-state index is 10.7. The Morgan fingerprint density at radius 3 is 2.71 bits per heavy atom. The third-order valence-electron chi connectivity index (χ3n) is 3.94. The summed E-state index contributed by atoms with van der Waals surface area (Å²) in [6, 6.07) is 12.1. The number of nitrogens with zero attached hydrogens (tertiary/aromatic N) is 3. The van der Waals surface area contributed by atoms with Gasteiger partial charge in [0.15, 0.2) is 12.4 Å². The van der Waals surface area contributed by atoms with Crippen LogP contribution in [0.4, 0.5) is 5.69 Å². The lowest BCUT2D eigenvalue weighted by Crippen LogP contribution is -2.33. The van der Waals surface area contributed by atoms with E-state index in [1.54, 1.807) is 0 Å². The molecule has 2 aromatic rings. The first-order valence-electron chi connectivity index (χ1n) is 7.85. The molecule has 0 unspecified atom stereocenters. The highest BCUT2D eigenvalue weighted by Crippen LogP contribution is 2.27. The van der Waals surface area contributed by atoms with E-state index in [-0.39, 0.29) is 5.75 Å². The van der Waals surface area contributed by atoms with Gasteiger partial charge in [0.2, 0.25) is 0 Å². The van der Waals surface area contributed by atoms with Crippen LogP contribution in [0.5, 0.6) is 0 Å². The topological polar surface area (TPSA) is 73.9 Å². The van der Waals surface area contributed by atoms with Gasteiger partial charge in [0.05, 0.1) is 17.7 Å². The second kappa shape index (κ2) is 7.11. The molecule has 3 rings (SSSR count). The summed E-state index contributed by atoms with van der Waals surface area (Å²) in [5.41, 5.74) is 3.45. The predicted molar refractivity (Wildman–Crippen MR) is 92.8 cm³/mol. The van der Waals surface area contributed by atoms with Gasteiger partial charge in [0.25, 0.3) is 10.1 Å². The van der Waals surface area contributed by atoms with Crippen LogP contribution in [0.3, 0.4) is 0 Å². The van der Waals surface area contributed by atoms with Gasteiger partial charge in [-0.3, -0.25) is 9.56 Å². The van der Waals surface area contributed by atoms with Gasteiger partial charge in [0.1, 0.15) is 6.54 Å². The van der Waals surface area contributed by atoms with Crippen molar-refractivity contribution in [3.63, 3.8) is 0 Å². The maximum absolute atomic E-state index is 10.7. The highest BCUT2D eigenvalue weighted by molar-refractivity contribution is 7.85. The largest absolute Gasteiger partial charge is 0.286 e. The van der Waals surface area contributed by atoms with Crippen LogP contribution in [-0.2, 0) is 23.1 Å². The number of hydrogen-bond acceptors (Lipinski definition) is 4. The fraction of sp³-hybridized carbons (Fsp3) is 0.294. The smallest absolute Gasteiger partial charge is 0.265 e. The second-order valence-corrected chi connectivity index (χ2v) is 7.33. The molecule has 0 saturated heterocycles. The van der Waals surface area contributed by atoms with Gasteiger partial charge < -0.3 is 0 Å². The first-order valence-corrected chi connectivity index (χ1v) is 9.46. The van der Waals surface area contributed by atoms with E-state index in [4.69, 9.17) is 4.55 Å². The van der Waals surface area contributed by atoms with E-state index in [2.05, 4.69) is 17.2 Å². The van der Waals surface area contributed by atoms with E-state index < -0.39 is 10.1 Å². The molecule has 7 heteroatoms. The Kier molecular flexibility index (Phi) is 4.92. The Balaban J connectivity index is 1.59. The number of aryl methyl sites for hydroxylation is 1. The zero-order valence-corrected chi connectivity index (χ0v) is 14.1. The van der Waals surface area contributed by atoms with Gasteiger partial charge in [-0.2, -0.15) is 13.5 Å². The average molecular weight is 346 g/mol. The normalized spacial score (nSPS) is 14.3. The zero-order valence-electron chi connectivity index (χ0n) is 13.2. The molecule has 0 fully saturated rings. The molecule has 0 saturated carbocycles. The summed E-state index contributed by atoms with van der Waals surface area (Å²) in [4.78, 5) is 0. The van der Waals surface area contributed by atoms with E-state index in [9.17, 15) is 8.42 Å². The lowest BCUT2D eigenvalue weighted by molar-refractivity contribution is -0.696. The van der Waals surface area contributed by atoms with Crippen LogP contribution in [0.25, 0.3) is 0 Å². The van der Waals surface area contributed by atoms with Gasteiger partial charge >= 0.3 is 0 Å². The van der Waals surface area contributed by atoms with Crippen molar-refractivity contribution in [2.45, 2.75) is 19.4 Å². The molecule has 1 aromatic heterocycles. The number of para-hydroxylation sites is 1. The number of anilines is 1. The number of benzene rings is 1. The number of hydrazone groups is 1. The highest BCUT2D eigenvalue weighted by Gasteiger charge is 2.16. The van der Waals surface area contributed by atoms with Crippen molar-refractivity contribution in [3.05, 3.63) is 59.9 Å². The molecule has 126 valence electrons. The summed E-state index contributed by atoms with van der Waals surface area (Å²) in [5, 5.41) is 6.55. The molecule has 0 aliphatic carbocycles. The van der Waals surface area contributed by atoms with Crippen molar-refractivity contribution >= 4 is 22.0 Å². The lowest BCUT2D eigenvalue weighted by atomic mass is 10.2. The van der Waals surface area contributed by atoms with Crippen LogP contribution in [0.1, 0.15) is 17.5 Å². The van der Waals surface area contributed by atoms with Gasteiger partial charge in [-0.1, -0.05) is 18.2 Å². The van der Waals surface area contributed by atoms with Crippen LogP contribution < -0.4 is 9.58 Å². The fourth-order valence-corrected chi connectivity index (χ4v) is 3.20. The Labute approximate surface area is 141 Å². The van der Waals surface area contributed by atoms with Gasteiger partial charge in [-0.05, 0) is 18.1 Å². The number of aromatic nitrogens is 1. The molecule has 0 bridgehead atoms. The second-order valence-electron chi connectivity index (χ2n) is 5.76. The van der Waals surface area contributed by atoms with Crippen LogP contribution in [-0.4, -0.2) is 31.5 Å². The van der Waals surface area contributed by atoms with E-state index >= 15 is 0 Å². The number of hydrogen-bond donors (Lipinski definition) is 1. The van der Waals surface area contributed by atoms with Gasteiger partial charge in [-0.15, -0.1) is 0 Å². The molecule has 0 radical (unpaired) electrons. The summed E-state index contributed by atoms with van der Waals surface area (Å²) < 4.78 is 32.0. The van der Waals surface area contributed by atoms with E-state index in [0.29, 0.717) is 13.0 Å². The van der Waals surface area contributed by atoms with Crippen molar-refractivity contribution in [3.8, 4) is 0 Å². The molecule has 1 aromatic carbocycles. The third kappa shape index (κ3) is 4.39. The van der Waals surface area contributed by atoms with E-state index in [1.807, 2.05) is 52.4 Å². The molecule has 0 atom stereocenters. The van der Waals surface area contributed by atoms with Gasteiger partial charge in [-0.25, -0.2) is 4.57 Å². The Hall–Kier alpha value is -2.25. The minimum Gasteiger partial charge on any atom is -0.286 e. The summed E-state index contributed by atoms with van der Waals surface area (Å²) in [6.45, 7) is 1.43. The summed E-state index contributed by atoms with van der Waals surface area (Å²) in [6.07, 6.45) is 6.97. The summed E-state index contributed by atoms with van der Waals surface area (Å²) in [7, 11) is -3.88. The first kappa shape index (κ1) is 16.6. The van der Waals surface area contributed by atoms with Crippen molar-refractivity contribution in [2.24, 2.45) is 5.10 Å². The fourth-order valence-electron chi connectivity index (χ4n) is 2.71. The van der Waals surface area contributed by atoms with Crippen molar-refractivity contribution in [2.75, 3.05) is 17.3 Å². The molecule has 24 heavy (non-hydrogen) atoms. The van der Waals surface area contributed by atoms with Crippen molar-refractivity contribution in [1.29, 1.82) is 0 Å². The van der Waals surface area contributed by atoms with E-state index in [0.717, 1.165) is 24.2 Å². The number of rotatable bonds is 6. The SMILES string of the molecule is O=S(=O)(O)CCC[n+]1ccc(C=NN2CCc3ccccc32)cc1. The maximum Gasteiger partial charge on any atom is 0.265 e. The average Bonchev–Trinajstić information content (AvgIpc) is 2.96. The van der Waals surface area contributed by atoms with Crippen LogP contribution in [0, 0.1) is 0 Å². The van der Waals surface area contributed by atoms with Crippen molar-refractivity contribution < 1.29 is 17.5 Å². The molecular formula is C17H20N3O3S+. The van der Waals surface area contributed by atoms with Crippen molar-refractivity contribution in [1.82, 2.24) is 0 Å². The Morgan fingerprint density at radius 2 is 1.96 bits per heavy atom. The molecule has 0 spiro atoms. The van der Waals surface area contributed by atoms with Crippen LogP contribution >= 0.6 is 0 Å². The molecule has 2 heterocycles. The monoisotopic (exact) mass is 346 g/mol. The highest BCUT2D eigenvalue weighted by atomic mass is 32.2. The van der Waals surface area contributed by atoms with E-state index in [1.165, 1.54) is 5.56 Å². The van der Waals surface area contributed by atoms with Crippen LogP contribution in [0.2, 0.25) is 0 Å². The van der Waals surface area contributed by atoms with Gasteiger partial charge in [0, 0.05) is 30.7 Å². The Morgan fingerprint density at radius 1 is 1.21 bits per heavy atom. The number of pyridine rings is 1. The lowest BCUT2D eigenvalue weighted by Gasteiger charge is -2.11. The molecule has 1 aliphatic rings. The molecule has 6 nitrogen and oxygen atoms in total.